The summed E-state index contributed by atoms with van der Waals surface area (Å²) in [6.45, 7) is 1.99. The molecule has 0 aromatic heterocycles. The molecule has 0 aliphatic carbocycles. The summed E-state index contributed by atoms with van der Waals surface area (Å²) in [5.74, 6) is 0.222. The van der Waals surface area contributed by atoms with Gasteiger partial charge in [-0.15, -0.1) is 0 Å². The zero-order chi connectivity index (χ0) is 28.3. The van der Waals surface area contributed by atoms with Gasteiger partial charge in [-0.2, -0.15) is 0 Å². The third-order valence-corrected chi connectivity index (χ3v) is 7.94. The number of imide groups is 1. The standard InChI is InChI=1S/C32H33N3O6/c36-17-16-34(18-22-8-2-1-3-9-22)30(37)23-10-7-15-33(19-23)26-12-6-11-25-29(26)32(39)35(31(25)38)20-24-21-40-27-13-4-5-14-28(27)41-24/h1-6,8-9,11-14,23-24,36H,7,10,15-21H2/t23-,24-/m1/s1. The molecule has 6 rings (SSSR count). The molecule has 0 radical (unpaired) electrons. The molecule has 3 heterocycles. The van der Waals surface area contributed by atoms with Gasteiger partial charge in [-0.05, 0) is 42.7 Å². The first-order valence-corrected chi connectivity index (χ1v) is 14.1. The molecular formula is C32H33N3O6. The smallest absolute Gasteiger partial charge is 0.263 e. The number of hydrogen-bond acceptors (Lipinski definition) is 7. The SMILES string of the molecule is O=C([C@@H]1CCCN(c2cccc3c2C(=O)N(C[C@@H]2COc4ccccc4O2)C3=O)C1)N(CCO)Cc1ccccc1. The van der Waals surface area contributed by atoms with Crippen molar-refractivity contribution in [2.24, 2.45) is 5.92 Å². The molecule has 41 heavy (non-hydrogen) atoms. The second kappa shape index (κ2) is 11.6. The van der Waals surface area contributed by atoms with E-state index in [0.29, 0.717) is 47.9 Å². The third kappa shape index (κ3) is 5.37. The molecule has 1 fully saturated rings. The fraction of sp³-hybridized carbons (Fsp3) is 0.344. The molecule has 1 N–H and O–H groups in total. The van der Waals surface area contributed by atoms with Crippen LogP contribution in [-0.2, 0) is 11.3 Å². The number of benzene rings is 3. The van der Waals surface area contributed by atoms with Crippen LogP contribution in [0.3, 0.4) is 0 Å². The largest absolute Gasteiger partial charge is 0.486 e. The van der Waals surface area contributed by atoms with E-state index in [4.69, 9.17) is 9.47 Å². The first-order chi connectivity index (χ1) is 20.0. The highest BCUT2D eigenvalue weighted by Crippen LogP contribution is 2.36. The van der Waals surface area contributed by atoms with Gasteiger partial charge in [0.15, 0.2) is 17.6 Å². The Hall–Kier alpha value is -4.37. The predicted molar refractivity (Wildman–Crippen MR) is 152 cm³/mol. The molecule has 3 aromatic rings. The molecule has 0 saturated carbocycles. The number of amides is 3. The van der Waals surface area contributed by atoms with Crippen LogP contribution in [0, 0.1) is 5.92 Å². The van der Waals surface area contributed by atoms with E-state index in [1.54, 1.807) is 23.1 Å². The fourth-order valence-corrected chi connectivity index (χ4v) is 5.95. The van der Waals surface area contributed by atoms with Crippen molar-refractivity contribution in [1.29, 1.82) is 0 Å². The number of carbonyl (C=O) groups is 3. The Kier molecular flexibility index (Phi) is 7.61. The van der Waals surface area contributed by atoms with Crippen molar-refractivity contribution >= 4 is 23.4 Å². The topological polar surface area (TPSA) is 99.6 Å². The zero-order valence-electron chi connectivity index (χ0n) is 22.8. The van der Waals surface area contributed by atoms with Gasteiger partial charge in [-0.1, -0.05) is 48.5 Å². The molecule has 9 nitrogen and oxygen atoms in total. The summed E-state index contributed by atoms with van der Waals surface area (Å²) in [5.41, 5.74) is 2.41. The number of carbonyl (C=O) groups excluding carboxylic acids is 3. The Morgan fingerprint density at radius 3 is 2.54 bits per heavy atom. The summed E-state index contributed by atoms with van der Waals surface area (Å²) >= 11 is 0. The van der Waals surface area contributed by atoms with Gasteiger partial charge in [0.05, 0.1) is 35.9 Å². The van der Waals surface area contributed by atoms with Gasteiger partial charge >= 0.3 is 0 Å². The molecule has 212 valence electrons. The number of piperidine rings is 1. The van der Waals surface area contributed by atoms with Crippen molar-refractivity contribution in [1.82, 2.24) is 9.80 Å². The molecule has 0 unspecified atom stereocenters. The van der Waals surface area contributed by atoms with E-state index in [1.165, 1.54) is 4.90 Å². The Bertz CT molecular complexity index is 1440. The molecule has 3 aliphatic rings. The van der Waals surface area contributed by atoms with Crippen molar-refractivity contribution in [3.05, 3.63) is 89.5 Å². The van der Waals surface area contributed by atoms with Crippen LogP contribution in [0.25, 0.3) is 0 Å². The van der Waals surface area contributed by atoms with E-state index < -0.39 is 6.10 Å². The number of aliphatic hydroxyl groups excluding tert-OH is 1. The third-order valence-electron chi connectivity index (χ3n) is 7.94. The van der Waals surface area contributed by atoms with Crippen LogP contribution in [-0.4, -0.2) is 78.1 Å². The van der Waals surface area contributed by atoms with Crippen LogP contribution in [0.15, 0.2) is 72.8 Å². The number of nitrogens with zero attached hydrogens (tertiary/aromatic N) is 3. The first-order valence-electron chi connectivity index (χ1n) is 14.1. The van der Waals surface area contributed by atoms with Crippen molar-refractivity contribution in [3.8, 4) is 11.5 Å². The summed E-state index contributed by atoms with van der Waals surface area (Å²) in [6, 6.07) is 22.4. The van der Waals surface area contributed by atoms with Crippen molar-refractivity contribution in [3.63, 3.8) is 0 Å². The number of fused-ring (bicyclic) bond motifs is 2. The zero-order valence-corrected chi connectivity index (χ0v) is 22.8. The predicted octanol–water partition coefficient (Wildman–Crippen LogP) is 3.36. The Balaban J connectivity index is 1.18. The minimum absolute atomic E-state index is 0.0149. The van der Waals surface area contributed by atoms with Gasteiger partial charge in [0, 0.05) is 26.2 Å². The average Bonchev–Trinajstić information content (AvgIpc) is 3.26. The number of ether oxygens (including phenoxy) is 2. The molecule has 9 heteroatoms. The number of para-hydroxylation sites is 2. The lowest BCUT2D eigenvalue weighted by Crippen LogP contribution is -2.46. The Morgan fingerprint density at radius 1 is 0.951 bits per heavy atom. The van der Waals surface area contributed by atoms with Crippen LogP contribution < -0.4 is 14.4 Å². The highest BCUT2D eigenvalue weighted by Gasteiger charge is 2.41. The van der Waals surface area contributed by atoms with Crippen LogP contribution >= 0.6 is 0 Å². The molecule has 0 spiro atoms. The quantitative estimate of drug-likeness (QED) is 0.426. The van der Waals surface area contributed by atoms with Gasteiger partial charge in [0.1, 0.15) is 6.61 Å². The maximum absolute atomic E-state index is 13.7. The van der Waals surface area contributed by atoms with Gasteiger partial charge in [-0.25, -0.2) is 0 Å². The van der Waals surface area contributed by atoms with E-state index >= 15 is 0 Å². The number of hydrogen-bond donors (Lipinski definition) is 1. The molecule has 0 bridgehead atoms. The van der Waals surface area contributed by atoms with E-state index in [1.807, 2.05) is 54.6 Å². The molecule has 3 amide bonds. The molecule has 2 atom stereocenters. The monoisotopic (exact) mass is 555 g/mol. The van der Waals surface area contributed by atoms with Crippen LogP contribution in [0.4, 0.5) is 5.69 Å². The minimum atomic E-state index is -0.477. The molecule has 3 aliphatic heterocycles. The summed E-state index contributed by atoms with van der Waals surface area (Å²) in [7, 11) is 0. The number of rotatable bonds is 8. The van der Waals surface area contributed by atoms with E-state index in [9.17, 15) is 19.5 Å². The van der Waals surface area contributed by atoms with Crippen molar-refractivity contribution in [2.75, 3.05) is 44.3 Å². The van der Waals surface area contributed by atoms with Crippen LogP contribution in [0.5, 0.6) is 11.5 Å². The van der Waals surface area contributed by atoms with E-state index in [2.05, 4.69) is 4.90 Å². The number of anilines is 1. The summed E-state index contributed by atoms with van der Waals surface area (Å²) in [5, 5.41) is 9.65. The van der Waals surface area contributed by atoms with E-state index in [-0.39, 0.29) is 49.9 Å². The lowest BCUT2D eigenvalue weighted by Gasteiger charge is -2.37. The highest BCUT2D eigenvalue weighted by atomic mass is 16.6. The first kappa shape index (κ1) is 26.8. The van der Waals surface area contributed by atoms with E-state index in [0.717, 1.165) is 18.4 Å². The van der Waals surface area contributed by atoms with Gasteiger partial charge < -0.3 is 24.4 Å². The van der Waals surface area contributed by atoms with Gasteiger partial charge in [0.2, 0.25) is 5.91 Å². The minimum Gasteiger partial charge on any atom is -0.486 e. The molecule has 1 saturated heterocycles. The molecule has 3 aromatic carbocycles. The average molecular weight is 556 g/mol. The molecular weight excluding hydrogens is 522 g/mol. The maximum atomic E-state index is 13.7. The van der Waals surface area contributed by atoms with Gasteiger partial charge in [-0.3, -0.25) is 19.3 Å². The lowest BCUT2D eigenvalue weighted by atomic mass is 9.94. The summed E-state index contributed by atoms with van der Waals surface area (Å²) in [4.78, 5) is 45.7. The summed E-state index contributed by atoms with van der Waals surface area (Å²) < 4.78 is 11.8. The maximum Gasteiger partial charge on any atom is 0.263 e. The normalized spacial score (nSPS) is 19.7. The number of aliphatic hydroxyl groups is 1. The van der Waals surface area contributed by atoms with Crippen molar-refractivity contribution < 1.29 is 29.0 Å². The highest BCUT2D eigenvalue weighted by molar-refractivity contribution is 6.23. The van der Waals surface area contributed by atoms with Crippen molar-refractivity contribution in [2.45, 2.75) is 25.5 Å². The second-order valence-corrected chi connectivity index (χ2v) is 10.7. The second-order valence-electron chi connectivity index (χ2n) is 10.7. The Labute approximate surface area is 238 Å². The van der Waals surface area contributed by atoms with Gasteiger partial charge in [0.25, 0.3) is 11.8 Å². The lowest BCUT2D eigenvalue weighted by molar-refractivity contribution is -0.137. The Morgan fingerprint density at radius 2 is 1.73 bits per heavy atom. The van der Waals surface area contributed by atoms with Crippen LogP contribution in [0.2, 0.25) is 0 Å². The van der Waals surface area contributed by atoms with Crippen LogP contribution in [0.1, 0.15) is 39.1 Å². The fourth-order valence-electron chi connectivity index (χ4n) is 5.95. The summed E-state index contributed by atoms with van der Waals surface area (Å²) in [6.07, 6.45) is 1.02.